The molecule has 0 atom stereocenters. The summed E-state index contributed by atoms with van der Waals surface area (Å²) in [6, 6.07) is 4.58. The number of carbonyl (C=O) groups excluding carboxylic acids is 1. The van der Waals surface area contributed by atoms with E-state index in [0.717, 1.165) is 12.8 Å². The Balaban J connectivity index is 2.30. The van der Waals surface area contributed by atoms with E-state index in [-0.39, 0.29) is 11.6 Å². The molecule has 0 radical (unpaired) electrons. The van der Waals surface area contributed by atoms with Gasteiger partial charge >= 0.3 is 0 Å². The highest BCUT2D eigenvalue weighted by Crippen LogP contribution is 2.30. The number of rotatable bonds is 2. The first-order valence-corrected chi connectivity index (χ1v) is 5.63. The SMILES string of the molecule is Cc1ccc(C(=O)C2(N)CCCC2)cc1F. The van der Waals surface area contributed by atoms with E-state index < -0.39 is 5.54 Å². The number of aryl methyl sites for hydroxylation is 1. The van der Waals surface area contributed by atoms with Crippen molar-refractivity contribution in [2.24, 2.45) is 5.73 Å². The van der Waals surface area contributed by atoms with Crippen LogP contribution in [0.15, 0.2) is 18.2 Å². The van der Waals surface area contributed by atoms with E-state index in [1.807, 2.05) is 0 Å². The van der Waals surface area contributed by atoms with Crippen LogP contribution in [0.2, 0.25) is 0 Å². The zero-order chi connectivity index (χ0) is 11.8. The standard InChI is InChI=1S/C13H16FNO/c1-9-4-5-10(8-11(9)14)12(16)13(15)6-2-3-7-13/h4-5,8H,2-3,6-7,15H2,1H3. The number of halogens is 1. The van der Waals surface area contributed by atoms with E-state index in [0.29, 0.717) is 24.0 Å². The Bertz CT molecular complexity index is 422. The number of hydrogen-bond acceptors (Lipinski definition) is 2. The number of carbonyl (C=O) groups is 1. The first-order valence-electron chi connectivity index (χ1n) is 5.63. The summed E-state index contributed by atoms with van der Waals surface area (Å²) >= 11 is 0. The van der Waals surface area contributed by atoms with Gasteiger partial charge in [-0.1, -0.05) is 25.0 Å². The number of ketones is 1. The molecule has 1 saturated carbocycles. The molecule has 1 fully saturated rings. The van der Waals surface area contributed by atoms with Crippen LogP contribution in [-0.4, -0.2) is 11.3 Å². The molecule has 1 aromatic carbocycles. The first kappa shape index (κ1) is 11.3. The van der Waals surface area contributed by atoms with Gasteiger partial charge in [0.25, 0.3) is 0 Å². The number of Topliss-reactive ketones (excluding diaryl/α,β-unsaturated/α-hetero) is 1. The van der Waals surface area contributed by atoms with Crippen LogP contribution in [0.5, 0.6) is 0 Å². The van der Waals surface area contributed by atoms with E-state index in [1.54, 1.807) is 19.1 Å². The molecule has 0 amide bonds. The summed E-state index contributed by atoms with van der Waals surface area (Å²) in [5.74, 6) is -0.462. The molecule has 0 saturated heterocycles. The van der Waals surface area contributed by atoms with Crippen LogP contribution in [0, 0.1) is 12.7 Å². The summed E-state index contributed by atoms with van der Waals surface area (Å²) in [5, 5.41) is 0. The number of benzene rings is 1. The van der Waals surface area contributed by atoms with Crippen LogP contribution >= 0.6 is 0 Å². The Hall–Kier alpha value is -1.22. The molecule has 0 unspecified atom stereocenters. The van der Waals surface area contributed by atoms with Crippen LogP contribution in [0.1, 0.15) is 41.6 Å². The van der Waals surface area contributed by atoms with Crippen LogP contribution < -0.4 is 5.73 Å². The van der Waals surface area contributed by atoms with E-state index in [1.165, 1.54) is 6.07 Å². The summed E-state index contributed by atoms with van der Waals surface area (Å²) in [6.07, 6.45) is 3.38. The van der Waals surface area contributed by atoms with Crippen molar-refractivity contribution in [1.29, 1.82) is 0 Å². The third-order valence-electron chi connectivity index (χ3n) is 3.38. The zero-order valence-electron chi connectivity index (χ0n) is 9.42. The predicted octanol–water partition coefficient (Wildman–Crippen LogP) is 2.59. The molecule has 0 heterocycles. The van der Waals surface area contributed by atoms with Crippen molar-refractivity contribution in [2.45, 2.75) is 38.1 Å². The Kier molecular flexibility index (Phi) is 2.80. The third kappa shape index (κ3) is 1.87. The van der Waals surface area contributed by atoms with Gasteiger partial charge in [-0.05, 0) is 31.4 Å². The second-order valence-electron chi connectivity index (χ2n) is 4.66. The van der Waals surface area contributed by atoms with Crippen molar-refractivity contribution in [2.75, 3.05) is 0 Å². The Labute approximate surface area is 94.6 Å². The Morgan fingerprint density at radius 3 is 2.56 bits per heavy atom. The lowest BCUT2D eigenvalue weighted by Gasteiger charge is -2.21. The minimum atomic E-state index is -0.762. The zero-order valence-corrected chi connectivity index (χ0v) is 9.42. The lowest BCUT2D eigenvalue weighted by molar-refractivity contribution is 0.0891. The van der Waals surface area contributed by atoms with Gasteiger partial charge in [0.15, 0.2) is 5.78 Å². The van der Waals surface area contributed by atoms with Gasteiger partial charge in [0.1, 0.15) is 5.82 Å². The molecule has 0 aliphatic heterocycles. The molecule has 2 N–H and O–H groups in total. The van der Waals surface area contributed by atoms with Gasteiger partial charge in [-0.15, -0.1) is 0 Å². The first-order chi connectivity index (χ1) is 7.53. The fourth-order valence-electron chi connectivity index (χ4n) is 2.25. The minimum Gasteiger partial charge on any atom is -0.319 e. The summed E-state index contributed by atoms with van der Waals surface area (Å²) in [5.41, 5.74) is 6.23. The molecule has 2 rings (SSSR count). The molecule has 86 valence electrons. The maximum atomic E-state index is 13.4. The molecule has 2 nitrogen and oxygen atoms in total. The molecule has 16 heavy (non-hydrogen) atoms. The molecular formula is C13H16FNO. The second-order valence-corrected chi connectivity index (χ2v) is 4.66. The van der Waals surface area contributed by atoms with E-state index in [9.17, 15) is 9.18 Å². The molecule has 1 aliphatic carbocycles. The van der Waals surface area contributed by atoms with E-state index in [2.05, 4.69) is 0 Å². The van der Waals surface area contributed by atoms with Crippen LogP contribution in [-0.2, 0) is 0 Å². The molecule has 1 aliphatic rings. The molecule has 0 bridgehead atoms. The minimum absolute atomic E-state index is 0.121. The Morgan fingerprint density at radius 1 is 1.38 bits per heavy atom. The molecule has 3 heteroatoms. The quantitative estimate of drug-likeness (QED) is 0.780. The van der Waals surface area contributed by atoms with Crippen molar-refractivity contribution in [3.05, 3.63) is 35.1 Å². The monoisotopic (exact) mass is 221 g/mol. The van der Waals surface area contributed by atoms with E-state index >= 15 is 0 Å². The van der Waals surface area contributed by atoms with Gasteiger partial charge in [-0.3, -0.25) is 4.79 Å². The maximum absolute atomic E-state index is 13.4. The predicted molar refractivity (Wildman–Crippen MR) is 60.9 cm³/mol. The number of nitrogens with two attached hydrogens (primary N) is 1. The van der Waals surface area contributed by atoms with Gasteiger partial charge in [-0.2, -0.15) is 0 Å². The summed E-state index contributed by atoms with van der Waals surface area (Å²) in [6.45, 7) is 1.68. The second kappa shape index (κ2) is 3.98. The third-order valence-corrected chi connectivity index (χ3v) is 3.38. The average molecular weight is 221 g/mol. The van der Waals surface area contributed by atoms with Crippen molar-refractivity contribution in [3.63, 3.8) is 0 Å². The van der Waals surface area contributed by atoms with E-state index in [4.69, 9.17) is 5.73 Å². The highest BCUT2D eigenvalue weighted by molar-refractivity contribution is 6.03. The normalized spacial score (nSPS) is 18.7. The smallest absolute Gasteiger partial charge is 0.182 e. The molecule has 0 aromatic heterocycles. The van der Waals surface area contributed by atoms with Gasteiger partial charge in [-0.25, -0.2) is 4.39 Å². The molecule has 1 aromatic rings. The molecule has 0 spiro atoms. The largest absolute Gasteiger partial charge is 0.319 e. The van der Waals surface area contributed by atoms with Crippen molar-refractivity contribution in [3.8, 4) is 0 Å². The summed E-state index contributed by atoms with van der Waals surface area (Å²) in [4.78, 5) is 12.1. The van der Waals surface area contributed by atoms with Gasteiger partial charge in [0.2, 0.25) is 0 Å². The topological polar surface area (TPSA) is 43.1 Å². The van der Waals surface area contributed by atoms with Crippen LogP contribution in [0.3, 0.4) is 0 Å². The average Bonchev–Trinajstić information content (AvgIpc) is 2.70. The van der Waals surface area contributed by atoms with Gasteiger partial charge in [0.05, 0.1) is 5.54 Å². The highest BCUT2D eigenvalue weighted by Gasteiger charge is 2.37. The van der Waals surface area contributed by atoms with Crippen molar-refractivity contribution < 1.29 is 9.18 Å². The lowest BCUT2D eigenvalue weighted by Crippen LogP contribution is -2.45. The van der Waals surface area contributed by atoms with Gasteiger partial charge < -0.3 is 5.73 Å². The maximum Gasteiger partial charge on any atom is 0.182 e. The fourth-order valence-corrected chi connectivity index (χ4v) is 2.25. The van der Waals surface area contributed by atoms with Crippen molar-refractivity contribution in [1.82, 2.24) is 0 Å². The summed E-state index contributed by atoms with van der Waals surface area (Å²) < 4.78 is 13.4. The number of hydrogen-bond donors (Lipinski definition) is 1. The Morgan fingerprint density at radius 2 is 2.00 bits per heavy atom. The van der Waals surface area contributed by atoms with Crippen molar-refractivity contribution >= 4 is 5.78 Å². The van der Waals surface area contributed by atoms with Crippen LogP contribution in [0.4, 0.5) is 4.39 Å². The van der Waals surface area contributed by atoms with Crippen LogP contribution in [0.25, 0.3) is 0 Å². The van der Waals surface area contributed by atoms with Gasteiger partial charge in [0, 0.05) is 5.56 Å². The molecular weight excluding hydrogens is 205 g/mol. The lowest BCUT2D eigenvalue weighted by atomic mass is 9.88. The summed E-state index contributed by atoms with van der Waals surface area (Å²) in [7, 11) is 0. The fraction of sp³-hybridized carbons (Fsp3) is 0.462. The highest BCUT2D eigenvalue weighted by atomic mass is 19.1.